The van der Waals surface area contributed by atoms with Crippen LogP contribution in [0.25, 0.3) is 0 Å². The minimum atomic E-state index is -4.46. The zero-order valence-electron chi connectivity index (χ0n) is 11.0. The molecule has 1 aromatic heterocycles. The SMILES string of the molecule is COc1ccc(CNc2ncc(Br)cc2C(F)(F)F)cc1. The maximum atomic E-state index is 12.9. The molecule has 0 atom stereocenters. The molecule has 2 rings (SSSR count). The van der Waals surface area contributed by atoms with Crippen molar-refractivity contribution in [3.63, 3.8) is 0 Å². The van der Waals surface area contributed by atoms with E-state index >= 15 is 0 Å². The lowest BCUT2D eigenvalue weighted by Crippen LogP contribution is -2.12. The Bertz CT molecular complexity index is 615. The molecule has 21 heavy (non-hydrogen) atoms. The molecular weight excluding hydrogens is 349 g/mol. The van der Waals surface area contributed by atoms with Crippen LogP contribution in [0, 0.1) is 0 Å². The third-order valence-corrected chi connectivity index (χ3v) is 3.21. The van der Waals surface area contributed by atoms with Gasteiger partial charge in [-0.3, -0.25) is 0 Å². The number of nitrogens with zero attached hydrogens (tertiary/aromatic N) is 1. The van der Waals surface area contributed by atoms with E-state index < -0.39 is 11.7 Å². The second kappa shape index (κ2) is 6.34. The lowest BCUT2D eigenvalue weighted by atomic mass is 10.2. The van der Waals surface area contributed by atoms with Gasteiger partial charge in [0.1, 0.15) is 11.6 Å². The molecule has 0 amide bonds. The summed E-state index contributed by atoms with van der Waals surface area (Å²) < 4.78 is 44.1. The summed E-state index contributed by atoms with van der Waals surface area (Å²) in [6.45, 7) is 0.238. The molecule has 2 aromatic rings. The zero-order chi connectivity index (χ0) is 15.5. The van der Waals surface area contributed by atoms with Gasteiger partial charge in [-0.25, -0.2) is 4.98 Å². The molecule has 112 valence electrons. The summed E-state index contributed by atoms with van der Waals surface area (Å²) in [5, 5.41) is 2.71. The molecule has 0 radical (unpaired) electrons. The molecule has 0 fully saturated rings. The summed E-state index contributed by atoms with van der Waals surface area (Å²) in [6.07, 6.45) is -3.13. The smallest absolute Gasteiger partial charge is 0.419 e. The second-order valence-corrected chi connectivity index (χ2v) is 5.16. The van der Waals surface area contributed by atoms with E-state index in [0.717, 1.165) is 11.6 Å². The van der Waals surface area contributed by atoms with Crippen LogP contribution >= 0.6 is 15.9 Å². The fraction of sp³-hybridized carbons (Fsp3) is 0.214. The highest BCUT2D eigenvalue weighted by atomic mass is 79.9. The maximum absolute atomic E-state index is 12.9. The first kappa shape index (κ1) is 15.6. The summed E-state index contributed by atoms with van der Waals surface area (Å²) in [4.78, 5) is 3.79. The van der Waals surface area contributed by atoms with E-state index in [9.17, 15) is 13.2 Å². The number of rotatable bonds is 4. The third-order valence-electron chi connectivity index (χ3n) is 2.78. The van der Waals surface area contributed by atoms with Gasteiger partial charge in [-0.2, -0.15) is 13.2 Å². The van der Waals surface area contributed by atoms with Crippen molar-refractivity contribution >= 4 is 21.7 Å². The molecule has 1 aromatic carbocycles. The van der Waals surface area contributed by atoms with E-state index in [1.807, 2.05) is 0 Å². The first-order valence-corrected chi connectivity index (χ1v) is 6.79. The molecule has 0 aliphatic heterocycles. The van der Waals surface area contributed by atoms with Crippen LogP contribution in [0.15, 0.2) is 41.0 Å². The standard InChI is InChI=1S/C14H12BrF3N2O/c1-21-11-4-2-9(3-5-11)7-19-13-12(14(16,17)18)6-10(15)8-20-13/h2-6,8H,7H2,1H3,(H,19,20). The van der Waals surface area contributed by atoms with E-state index in [0.29, 0.717) is 5.75 Å². The molecule has 1 N–H and O–H groups in total. The average molecular weight is 361 g/mol. The molecule has 3 nitrogen and oxygen atoms in total. The number of anilines is 1. The normalized spacial score (nSPS) is 11.3. The average Bonchev–Trinajstić information content (AvgIpc) is 2.45. The van der Waals surface area contributed by atoms with E-state index in [1.165, 1.54) is 6.20 Å². The summed E-state index contributed by atoms with van der Waals surface area (Å²) in [5.41, 5.74) is 0.0269. The molecule has 7 heteroatoms. The third kappa shape index (κ3) is 4.10. The monoisotopic (exact) mass is 360 g/mol. The number of nitrogens with one attached hydrogen (secondary N) is 1. The van der Waals surface area contributed by atoms with Gasteiger partial charge >= 0.3 is 6.18 Å². The minimum Gasteiger partial charge on any atom is -0.497 e. The molecule has 0 saturated carbocycles. The molecule has 0 aliphatic rings. The van der Waals surface area contributed by atoms with Crippen LogP contribution in [-0.4, -0.2) is 12.1 Å². The topological polar surface area (TPSA) is 34.1 Å². The number of aromatic nitrogens is 1. The van der Waals surface area contributed by atoms with Crippen molar-refractivity contribution < 1.29 is 17.9 Å². The van der Waals surface area contributed by atoms with Crippen LogP contribution in [0.4, 0.5) is 19.0 Å². The van der Waals surface area contributed by atoms with E-state index in [-0.39, 0.29) is 16.8 Å². The van der Waals surface area contributed by atoms with Gasteiger partial charge in [0.15, 0.2) is 0 Å². The number of hydrogen-bond acceptors (Lipinski definition) is 3. The predicted octanol–water partition coefficient (Wildman–Crippen LogP) is 4.48. The number of methoxy groups -OCH3 is 1. The Morgan fingerprint density at radius 3 is 2.48 bits per heavy atom. The first-order valence-electron chi connectivity index (χ1n) is 5.99. The van der Waals surface area contributed by atoms with Crippen LogP contribution < -0.4 is 10.1 Å². The highest BCUT2D eigenvalue weighted by molar-refractivity contribution is 9.10. The van der Waals surface area contributed by atoms with Gasteiger partial charge in [-0.15, -0.1) is 0 Å². The Morgan fingerprint density at radius 2 is 1.90 bits per heavy atom. The maximum Gasteiger partial charge on any atom is 0.419 e. The summed E-state index contributed by atoms with van der Waals surface area (Å²) in [7, 11) is 1.55. The van der Waals surface area contributed by atoms with Gasteiger partial charge in [-0.1, -0.05) is 12.1 Å². The van der Waals surface area contributed by atoms with Crippen molar-refractivity contribution in [1.82, 2.24) is 4.98 Å². The van der Waals surface area contributed by atoms with Crippen molar-refractivity contribution in [1.29, 1.82) is 0 Å². The van der Waals surface area contributed by atoms with Gasteiger partial charge in [0.25, 0.3) is 0 Å². The Balaban J connectivity index is 2.15. The molecule has 0 bridgehead atoms. The predicted molar refractivity (Wildman–Crippen MR) is 77.3 cm³/mol. The Morgan fingerprint density at radius 1 is 1.24 bits per heavy atom. The zero-order valence-corrected chi connectivity index (χ0v) is 12.6. The number of hydrogen-bond donors (Lipinski definition) is 1. The van der Waals surface area contributed by atoms with Crippen molar-refractivity contribution in [3.8, 4) is 5.75 Å². The highest BCUT2D eigenvalue weighted by Crippen LogP contribution is 2.35. The molecule has 0 unspecified atom stereocenters. The summed E-state index contributed by atoms with van der Waals surface area (Å²) in [6, 6.07) is 8.05. The number of halogens is 4. The quantitative estimate of drug-likeness (QED) is 0.872. The van der Waals surface area contributed by atoms with Crippen molar-refractivity contribution in [2.75, 3.05) is 12.4 Å². The Labute approximate surface area is 128 Å². The number of alkyl halides is 3. The van der Waals surface area contributed by atoms with Crippen LogP contribution in [-0.2, 0) is 12.7 Å². The van der Waals surface area contributed by atoms with Crippen LogP contribution in [0.1, 0.15) is 11.1 Å². The molecule has 0 saturated heterocycles. The van der Waals surface area contributed by atoms with Crippen molar-refractivity contribution in [2.45, 2.75) is 12.7 Å². The fourth-order valence-electron chi connectivity index (χ4n) is 1.73. The first-order chi connectivity index (χ1) is 9.90. The lowest BCUT2D eigenvalue weighted by molar-refractivity contribution is -0.137. The summed E-state index contributed by atoms with van der Waals surface area (Å²) in [5.74, 6) is 0.498. The van der Waals surface area contributed by atoms with Crippen molar-refractivity contribution in [2.24, 2.45) is 0 Å². The van der Waals surface area contributed by atoms with Crippen LogP contribution in [0.5, 0.6) is 5.75 Å². The second-order valence-electron chi connectivity index (χ2n) is 4.25. The molecule has 0 aliphatic carbocycles. The minimum absolute atomic E-state index is 0.193. The van der Waals surface area contributed by atoms with Gasteiger partial charge in [-0.05, 0) is 39.7 Å². The van der Waals surface area contributed by atoms with Crippen LogP contribution in [0.2, 0.25) is 0 Å². The van der Waals surface area contributed by atoms with Gasteiger partial charge < -0.3 is 10.1 Å². The van der Waals surface area contributed by atoms with E-state index in [2.05, 4.69) is 26.2 Å². The highest BCUT2D eigenvalue weighted by Gasteiger charge is 2.34. The lowest BCUT2D eigenvalue weighted by Gasteiger charge is -2.14. The van der Waals surface area contributed by atoms with E-state index in [4.69, 9.17) is 4.74 Å². The van der Waals surface area contributed by atoms with Crippen molar-refractivity contribution in [3.05, 3.63) is 52.1 Å². The number of pyridine rings is 1. The largest absolute Gasteiger partial charge is 0.497 e. The van der Waals surface area contributed by atoms with Crippen LogP contribution in [0.3, 0.4) is 0 Å². The van der Waals surface area contributed by atoms with Gasteiger partial charge in [0.2, 0.25) is 0 Å². The molecule has 1 heterocycles. The number of ether oxygens (including phenoxy) is 1. The van der Waals surface area contributed by atoms with Gasteiger partial charge in [0.05, 0.1) is 12.7 Å². The fourth-order valence-corrected chi connectivity index (χ4v) is 2.06. The molecular formula is C14H12BrF3N2O. The van der Waals surface area contributed by atoms with E-state index in [1.54, 1.807) is 31.4 Å². The van der Waals surface area contributed by atoms with Gasteiger partial charge in [0, 0.05) is 17.2 Å². The Hall–Kier alpha value is -1.76. The molecule has 0 spiro atoms. The Kier molecular flexibility index (Phi) is 4.72. The summed E-state index contributed by atoms with van der Waals surface area (Å²) >= 11 is 3.00. The number of benzene rings is 1.